The Morgan fingerprint density at radius 3 is 2.76 bits per heavy atom. The highest BCUT2D eigenvalue weighted by molar-refractivity contribution is 6.33. The van der Waals surface area contributed by atoms with Crippen LogP contribution in [0.1, 0.15) is 0 Å². The minimum Gasteiger partial charge on any atom is -0.458 e. The minimum absolute atomic E-state index is 0.0210. The second-order valence-corrected chi connectivity index (χ2v) is 9.98. The fourth-order valence-corrected chi connectivity index (χ4v) is 5.22. The maximum absolute atomic E-state index is 14.6. The van der Waals surface area contributed by atoms with E-state index in [1.807, 2.05) is 4.90 Å². The van der Waals surface area contributed by atoms with Gasteiger partial charge in [-0.25, -0.2) is 18.2 Å². The summed E-state index contributed by atoms with van der Waals surface area (Å²) >= 11 is 6.27. The molecule has 2 aliphatic rings. The summed E-state index contributed by atoms with van der Waals surface area (Å²) in [7, 11) is 0. The van der Waals surface area contributed by atoms with Crippen LogP contribution in [-0.4, -0.2) is 87.8 Å². The number of carbonyl (C=O) groups excluding carboxylic acids is 1. The minimum atomic E-state index is -2.60. The van der Waals surface area contributed by atoms with Crippen LogP contribution in [0.5, 0.6) is 17.6 Å². The molecule has 0 aliphatic carbocycles. The second kappa shape index (κ2) is 11.0. The molecule has 1 amide bonds. The maximum Gasteiger partial charge on any atom is 0.319 e. The molecule has 2 atom stereocenters. The molecule has 0 bridgehead atoms. The van der Waals surface area contributed by atoms with Gasteiger partial charge in [-0.15, -0.1) is 0 Å². The van der Waals surface area contributed by atoms with Crippen LogP contribution >= 0.6 is 11.6 Å². The van der Waals surface area contributed by atoms with Gasteiger partial charge in [-0.1, -0.05) is 18.2 Å². The van der Waals surface area contributed by atoms with Crippen molar-refractivity contribution in [3.05, 3.63) is 48.0 Å². The third-order valence-electron chi connectivity index (χ3n) is 7.18. The number of ether oxygens (including phenoxy) is 2. The Morgan fingerprint density at radius 2 is 2.00 bits per heavy atom. The summed E-state index contributed by atoms with van der Waals surface area (Å²) in [5.41, 5.74) is 0.564. The SMILES string of the molecule is C=CC(=O)N1CCN(c2nc(O[C@@H]3CNC[C@H]3C(F)F)nc3c(Oc4c(Cl)c(F)cc5[nH]ncc45)nccc23)CC1. The predicted octanol–water partition coefficient (Wildman–Crippen LogP) is 3.55. The van der Waals surface area contributed by atoms with E-state index < -0.39 is 24.3 Å². The van der Waals surface area contributed by atoms with E-state index in [-0.39, 0.29) is 47.2 Å². The summed E-state index contributed by atoms with van der Waals surface area (Å²) < 4.78 is 53.8. The third kappa shape index (κ3) is 5.08. The number of amides is 1. The van der Waals surface area contributed by atoms with Gasteiger partial charge in [-0.3, -0.25) is 9.89 Å². The Kier molecular flexibility index (Phi) is 7.26. The second-order valence-electron chi connectivity index (χ2n) is 9.61. The van der Waals surface area contributed by atoms with Crippen LogP contribution in [0.3, 0.4) is 0 Å². The molecule has 2 aliphatic heterocycles. The Balaban J connectivity index is 1.43. The Bertz CT molecular complexity index is 1630. The van der Waals surface area contributed by atoms with E-state index in [4.69, 9.17) is 21.1 Å². The van der Waals surface area contributed by atoms with Crippen molar-refractivity contribution in [2.45, 2.75) is 12.5 Å². The maximum atomic E-state index is 14.6. The fraction of sp³-hybridized carbons (Fsp3) is 0.346. The van der Waals surface area contributed by atoms with Crippen molar-refractivity contribution >= 4 is 45.1 Å². The molecular formula is C26H24ClF3N8O3. The number of aromatic amines is 1. The van der Waals surface area contributed by atoms with Crippen molar-refractivity contribution in [2.24, 2.45) is 5.92 Å². The fourth-order valence-electron chi connectivity index (χ4n) is 5.02. The number of hydrogen-bond acceptors (Lipinski definition) is 9. The Morgan fingerprint density at radius 1 is 1.20 bits per heavy atom. The average Bonchev–Trinajstić information content (AvgIpc) is 3.64. The van der Waals surface area contributed by atoms with Gasteiger partial charge in [0.1, 0.15) is 28.3 Å². The number of nitrogens with one attached hydrogen (secondary N) is 2. The molecule has 0 unspecified atom stereocenters. The van der Waals surface area contributed by atoms with Gasteiger partial charge in [0.15, 0.2) is 5.75 Å². The number of hydrogen-bond donors (Lipinski definition) is 2. The lowest BCUT2D eigenvalue weighted by atomic mass is 10.1. The molecule has 0 saturated carbocycles. The number of piperazine rings is 1. The third-order valence-corrected chi connectivity index (χ3v) is 7.53. The van der Waals surface area contributed by atoms with E-state index in [0.29, 0.717) is 48.3 Å². The summed E-state index contributed by atoms with van der Waals surface area (Å²) in [6.45, 7) is 5.52. The van der Waals surface area contributed by atoms with Gasteiger partial charge in [-0.2, -0.15) is 15.1 Å². The molecule has 0 radical (unpaired) electrons. The zero-order valence-corrected chi connectivity index (χ0v) is 22.2. The van der Waals surface area contributed by atoms with Crippen molar-refractivity contribution in [1.82, 2.24) is 35.4 Å². The first-order valence-electron chi connectivity index (χ1n) is 12.8. The van der Waals surface area contributed by atoms with Gasteiger partial charge >= 0.3 is 6.01 Å². The van der Waals surface area contributed by atoms with Crippen molar-refractivity contribution in [3.63, 3.8) is 0 Å². The molecule has 15 heteroatoms. The number of fused-ring (bicyclic) bond motifs is 2. The summed E-state index contributed by atoms with van der Waals surface area (Å²) in [6, 6.07) is 2.74. The molecule has 2 saturated heterocycles. The molecule has 6 rings (SSSR count). The molecule has 0 spiro atoms. The zero-order chi connectivity index (χ0) is 28.7. The molecule has 41 heavy (non-hydrogen) atoms. The number of halogens is 4. The molecule has 3 aromatic heterocycles. The van der Waals surface area contributed by atoms with Crippen LogP contribution in [0.15, 0.2) is 37.2 Å². The monoisotopic (exact) mass is 588 g/mol. The first-order valence-corrected chi connectivity index (χ1v) is 13.2. The first kappa shape index (κ1) is 27.0. The van der Waals surface area contributed by atoms with Crippen molar-refractivity contribution in [3.8, 4) is 17.6 Å². The summed E-state index contributed by atoms with van der Waals surface area (Å²) in [6.07, 6.45) is 0.721. The van der Waals surface area contributed by atoms with Gasteiger partial charge < -0.3 is 24.6 Å². The number of pyridine rings is 1. The van der Waals surface area contributed by atoms with Crippen LogP contribution in [0, 0.1) is 11.7 Å². The normalized spacial score (nSPS) is 19.3. The van der Waals surface area contributed by atoms with E-state index in [2.05, 4.69) is 37.0 Å². The van der Waals surface area contributed by atoms with Gasteiger partial charge in [0.05, 0.1) is 28.4 Å². The van der Waals surface area contributed by atoms with Gasteiger partial charge in [0, 0.05) is 51.5 Å². The van der Waals surface area contributed by atoms with E-state index >= 15 is 0 Å². The van der Waals surface area contributed by atoms with E-state index in [0.717, 1.165) is 0 Å². The highest BCUT2D eigenvalue weighted by atomic mass is 35.5. The summed E-state index contributed by atoms with van der Waals surface area (Å²) in [5, 5.41) is 10.2. The smallest absolute Gasteiger partial charge is 0.319 e. The molecule has 2 fully saturated rings. The lowest BCUT2D eigenvalue weighted by Gasteiger charge is -2.35. The van der Waals surface area contributed by atoms with Crippen LogP contribution in [0.4, 0.5) is 19.0 Å². The zero-order valence-electron chi connectivity index (χ0n) is 21.5. The molecule has 1 aromatic carbocycles. The van der Waals surface area contributed by atoms with Gasteiger partial charge in [0.25, 0.3) is 0 Å². The molecule has 5 heterocycles. The Hall–Kier alpha value is -4.17. The van der Waals surface area contributed by atoms with Crippen LogP contribution in [0.25, 0.3) is 21.8 Å². The quantitative estimate of drug-likeness (QED) is 0.312. The lowest BCUT2D eigenvalue weighted by molar-refractivity contribution is -0.126. The van der Waals surface area contributed by atoms with E-state index in [1.54, 1.807) is 11.0 Å². The van der Waals surface area contributed by atoms with Crippen molar-refractivity contribution in [2.75, 3.05) is 44.2 Å². The highest BCUT2D eigenvalue weighted by Gasteiger charge is 2.37. The van der Waals surface area contributed by atoms with Gasteiger partial charge in [0.2, 0.25) is 18.2 Å². The summed E-state index contributed by atoms with van der Waals surface area (Å²) in [5.74, 6) is -1.55. The number of H-pyrrole nitrogens is 1. The first-order chi connectivity index (χ1) is 19.8. The molecular weight excluding hydrogens is 565 g/mol. The lowest BCUT2D eigenvalue weighted by Crippen LogP contribution is -2.48. The predicted molar refractivity (Wildman–Crippen MR) is 144 cm³/mol. The number of nitrogens with zero attached hydrogens (tertiary/aromatic N) is 6. The number of benzene rings is 1. The van der Waals surface area contributed by atoms with Crippen molar-refractivity contribution < 1.29 is 27.4 Å². The molecule has 2 N–H and O–H groups in total. The standard InChI is InChI=1S/C26H24ClF3N8O3/c1-2-19(39)37-5-7-38(8-6-37)24-13-3-4-32-25(41-22-14-11-33-36-17(14)9-16(28)20(22)27)21(13)34-26(35-24)40-18-12-31-10-15(18)23(29)30/h2-4,9,11,15,18,23,31H,1,5-8,10,12H2,(H,33,36)/t15-,18-/m1/s1. The number of carbonyl (C=O) groups is 1. The van der Waals surface area contributed by atoms with Crippen LogP contribution in [0.2, 0.25) is 5.02 Å². The highest BCUT2D eigenvalue weighted by Crippen LogP contribution is 2.40. The van der Waals surface area contributed by atoms with Crippen LogP contribution in [-0.2, 0) is 4.79 Å². The van der Waals surface area contributed by atoms with E-state index in [9.17, 15) is 18.0 Å². The summed E-state index contributed by atoms with van der Waals surface area (Å²) in [4.78, 5) is 29.1. The number of anilines is 1. The van der Waals surface area contributed by atoms with E-state index in [1.165, 1.54) is 24.5 Å². The molecule has 11 nitrogen and oxygen atoms in total. The largest absolute Gasteiger partial charge is 0.458 e. The molecule has 214 valence electrons. The van der Waals surface area contributed by atoms with Crippen molar-refractivity contribution in [1.29, 1.82) is 0 Å². The topological polar surface area (TPSA) is 121 Å². The van der Waals surface area contributed by atoms with Crippen LogP contribution < -0.4 is 19.7 Å². The molecule has 4 aromatic rings. The average molecular weight is 589 g/mol. The van der Waals surface area contributed by atoms with Gasteiger partial charge in [-0.05, 0) is 12.1 Å². The Labute approximate surface area is 236 Å². The number of aromatic nitrogens is 5. The number of alkyl halides is 2. The number of rotatable bonds is 7.